The average molecular weight is 315 g/mol. The number of carbonyl (C=O) groups is 1. The lowest BCUT2D eigenvalue weighted by Crippen LogP contribution is -2.56. The molecular formula is C17H17NO3S. The SMILES string of the molecule is Cc1ccc(S(=O)(=O)N2C(=O)[C@@H](C)[C@@H]2c2ccccc2)cc1. The van der Waals surface area contributed by atoms with E-state index in [2.05, 4.69) is 0 Å². The Morgan fingerprint density at radius 3 is 2.14 bits per heavy atom. The summed E-state index contributed by atoms with van der Waals surface area (Å²) in [6.45, 7) is 3.65. The Balaban J connectivity index is 2.02. The van der Waals surface area contributed by atoms with Crippen molar-refractivity contribution >= 4 is 15.9 Å². The van der Waals surface area contributed by atoms with Gasteiger partial charge in [0.25, 0.3) is 10.0 Å². The summed E-state index contributed by atoms with van der Waals surface area (Å²) < 4.78 is 26.6. The van der Waals surface area contributed by atoms with Crippen LogP contribution in [0.5, 0.6) is 0 Å². The van der Waals surface area contributed by atoms with Gasteiger partial charge in [-0.2, -0.15) is 0 Å². The maximum absolute atomic E-state index is 12.8. The molecule has 1 aliphatic rings. The Morgan fingerprint density at radius 2 is 1.55 bits per heavy atom. The number of nitrogens with zero attached hydrogens (tertiary/aromatic N) is 1. The Hall–Kier alpha value is -2.14. The maximum Gasteiger partial charge on any atom is 0.267 e. The van der Waals surface area contributed by atoms with Crippen LogP contribution in [0.3, 0.4) is 0 Å². The molecule has 1 saturated heterocycles. The summed E-state index contributed by atoms with van der Waals surface area (Å²) in [5.74, 6) is -0.683. The van der Waals surface area contributed by atoms with Crippen LogP contribution in [0.15, 0.2) is 59.5 Å². The van der Waals surface area contributed by atoms with Crippen LogP contribution in [0.4, 0.5) is 0 Å². The third kappa shape index (κ3) is 2.22. The van der Waals surface area contributed by atoms with E-state index in [9.17, 15) is 13.2 Å². The highest BCUT2D eigenvalue weighted by molar-refractivity contribution is 7.89. The minimum Gasteiger partial charge on any atom is -0.273 e. The first-order valence-corrected chi connectivity index (χ1v) is 8.57. The number of aryl methyl sites for hydroxylation is 1. The summed E-state index contributed by atoms with van der Waals surface area (Å²) in [5.41, 5.74) is 1.81. The summed E-state index contributed by atoms with van der Waals surface area (Å²) >= 11 is 0. The van der Waals surface area contributed by atoms with Crippen LogP contribution in [0.2, 0.25) is 0 Å². The van der Waals surface area contributed by atoms with E-state index in [1.54, 1.807) is 31.2 Å². The minimum absolute atomic E-state index is 0.152. The zero-order valence-corrected chi connectivity index (χ0v) is 13.2. The number of rotatable bonds is 3. The fourth-order valence-electron chi connectivity index (χ4n) is 2.76. The van der Waals surface area contributed by atoms with Gasteiger partial charge in [-0.3, -0.25) is 4.79 Å². The molecule has 0 spiro atoms. The van der Waals surface area contributed by atoms with Gasteiger partial charge in [0.05, 0.1) is 16.9 Å². The van der Waals surface area contributed by atoms with Gasteiger partial charge in [-0.25, -0.2) is 12.7 Å². The normalized spacial score (nSPS) is 21.5. The largest absolute Gasteiger partial charge is 0.273 e. The van der Waals surface area contributed by atoms with Crippen LogP contribution in [-0.4, -0.2) is 18.6 Å². The summed E-state index contributed by atoms with van der Waals surface area (Å²) in [4.78, 5) is 12.3. The summed E-state index contributed by atoms with van der Waals surface area (Å²) in [6, 6.07) is 15.4. The van der Waals surface area contributed by atoms with Crippen LogP contribution in [0.1, 0.15) is 24.1 Å². The standard InChI is InChI=1S/C17H17NO3S/c1-12-8-10-15(11-9-12)22(20,21)18-16(13(2)17(18)19)14-6-4-3-5-7-14/h3-11,13,16H,1-2H3/t13-,16+/m0/s1. The highest BCUT2D eigenvalue weighted by atomic mass is 32.2. The average Bonchev–Trinajstić information content (AvgIpc) is 2.52. The number of carbonyl (C=O) groups excluding carboxylic acids is 1. The maximum atomic E-state index is 12.8. The van der Waals surface area contributed by atoms with Gasteiger partial charge in [0, 0.05) is 0 Å². The van der Waals surface area contributed by atoms with Gasteiger partial charge in [0.1, 0.15) is 0 Å². The molecule has 0 radical (unpaired) electrons. The predicted octanol–water partition coefficient (Wildman–Crippen LogP) is 2.90. The first kappa shape index (κ1) is 14.8. The monoisotopic (exact) mass is 315 g/mol. The first-order chi connectivity index (χ1) is 10.4. The molecule has 22 heavy (non-hydrogen) atoms. The molecule has 1 amide bonds. The van der Waals surface area contributed by atoms with Crippen molar-refractivity contribution in [3.8, 4) is 0 Å². The first-order valence-electron chi connectivity index (χ1n) is 7.13. The highest BCUT2D eigenvalue weighted by Crippen LogP contribution is 2.43. The van der Waals surface area contributed by atoms with Crippen LogP contribution in [0.25, 0.3) is 0 Å². The van der Waals surface area contributed by atoms with Gasteiger partial charge in [0.15, 0.2) is 0 Å². The van der Waals surface area contributed by atoms with Crippen molar-refractivity contribution in [1.82, 2.24) is 4.31 Å². The third-order valence-electron chi connectivity index (χ3n) is 4.05. The molecule has 0 bridgehead atoms. The van der Waals surface area contributed by atoms with Crippen molar-refractivity contribution in [1.29, 1.82) is 0 Å². The van der Waals surface area contributed by atoms with Crippen molar-refractivity contribution in [3.05, 3.63) is 65.7 Å². The van der Waals surface area contributed by atoms with Gasteiger partial charge in [0.2, 0.25) is 5.91 Å². The summed E-state index contributed by atoms with van der Waals surface area (Å²) in [6.07, 6.45) is 0. The van der Waals surface area contributed by atoms with Crippen LogP contribution in [-0.2, 0) is 14.8 Å². The zero-order chi connectivity index (χ0) is 15.9. The molecule has 0 N–H and O–H groups in total. The third-order valence-corrected chi connectivity index (χ3v) is 5.84. The molecule has 0 aromatic heterocycles. The molecule has 2 aromatic carbocycles. The number of amides is 1. The fourth-order valence-corrected chi connectivity index (χ4v) is 4.47. The molecule has 0 saturated carbocycles. The number of hydrogen-bond donors (Lipinski definition) is 0. The Labute approximate surface area is 130 Å². The lowest BCUT2D eigenvalue weighted by atomic mass is 9.87. The Morgan fingerprint density at radius 1 is 0.955 bits per heavy atom. The van der Waals surface area contributed by atoms with E-state index < -0.39 is 16.1 Å². The van der Waals surface area contributed by atoms with Crippen molar-refractivity contribution in [2.75, 3.05) is 0 Å². The van der Waals surface area contributed by atoms with E-state index in [1.807, 2.05) is 37.3 Å². The van der Waals surface area contributed by atoms with E-state index in [4.69, 9.17) is 0 Å². The molecule has 4 nitrogen and oxygen atoms in total. The molecule has 0 unspecified atom stereocenters. The van der Waals surface area contributed by atoms with Crippen LogP contribution >= 0.6 is 0 Å². The molecule has 1 fully saturated rings. The number of sulfonamides is 1. The molecular weight excluding hydrogens is 298 g/mol. The van der Waals surface area contributed by atoms with Crippen molar-refractivity contribution in [2.24, 2.45) is 5.92 Å². The second-order valence-corrected chi connectivity index (χ2v) is 7.41. The van der Waals surface area contributed by atoms with Gasteiger partial charge in [-0.15, -0.1) is 0 Å². The molecule has 3 rings (SSSR count). The van der Waals surface area contributed by atoms with Crippen molar-refractivity contribution in [2.45, 2.75) is 24.8 Å². The van der Waals surface area contributed by atoms with Gasteiger partial charge in [-0.05, 0) is 24.6 Å². The van der Waals surface area contributed by atoms with E-state index in [0.29, 0.717) is 0 Å². The fraction of sp³-hybridized carbons (Fsp3) is 0.235. The van der Waals surface area contributed by atoms with Gasteiger partial charge >= 0.3 is 0 Å². The van der Waals surface area contributed by atoms with Gasteiger partial charge in [-0.1, -0.05) is 55.0 Å². The topological polar surface area (TPSA) is 54.5 Å². The molecule has 1 aliphatic heterocycles. The molecule has 1 heterocycles. The molecule has 114 valence electrons. The Kier molecular flexibility index (Phi) is 3.53. The number of β-lactam (4-membered cyclic amide) rings is 1. The molecule has 0 aliphatic carbocycles. The van der Waals surface area contributed by atoms with E-state index in [1.165, 1.54) is 0 Å². The lowest BCUT2D eigenvalue weighted by molar-refractivity contribution is -0.145. The van der Waals surface area contributed by atoms with Crippen molar-refractivity contribution < 1.29 is 13.2 Å². The number of hydrogen-bond acceptors (Lipinski definition) is 3. The second kappa shape index (κ2) is 5.25. The highest BCUT2D eigenvalue weighted by Gasteiger charge is 2.51. The van der Waals surface area contributed by atoms with Crippen LogP contribution < -0.4 is 0 Å². The Bertz CT molecular complexity index is 798. The van der Waals surface area contributed by atoms with Crippen LogP contribution in [0, 0.1) is 12.8 Å². The van der Waals surface area contributed by atoms with E-state index in [0.717, 1.165) is 15.4 Å². The number of benzene rings is 2. The minimum atomic E-state index is -3.81. The van der Waals surface area contributed by atoms with E-state index >= 15 is 0 Å². The smallest absolute Gasteiger partial charge is 0.267 e. The molecule has 2 aromatic rings. The molecule has 2 atom stereocenters. The van der Waals surface area contributed by atoms with Gasteiger partial charge < -0.3 is 0 Å². The lowest BCUT2D eigenvalue weighted by Gasteiger charge is -2.44. The summed E-state index contributed by atoms with van der Waals surface area (Å²) in [7, 11) is -3.81. The zero-order valence-electron chi connectivity index (χ0n) is 12.4. The van der Waals surface area contributed by atoms with Crippen molar-refractivity contribution in [3.63, 3.8) is 0 Å². The summed E-state index contributed by atoms with van der Waals surface area (Å²) in [5, 5.41) is 0. The second-order valence-electron chi connectivity index (χ2n) is 5.60. The van der Waals surface area contributed by atoms with E-state index in [-0.39, 0.29) is 16.7 Å². The quantitative estimate of drug-likeness (QED) is 0.818. The molecule has 5 heteroatoms. The predicted molar refractivity (Wildman–Crippen MR) is 83.6 cm³/mol.